The summed E-state index contributed by atoms with van der Waals surface area (Å²) in [5.74, 6) is -6.68. The first-order valence-corrected chi connectivity index (χ1v) is 50.6. The molecule has 9 heterocycles. The number of carbonyl (C=O) groups is 6. The lowest BCUT2D eigenvalue weighted by Crippen LogP contribution is -3.00. The van der Waals surface area contributed by atoms with Crippen molar-refractivity contribution >= 4 is 63.6 Å². The van der Waals surface area contributed by atoms with Crippen molar-refractivity contribution in [2.24, 2.45) is 7.05 Å². The number of unbranched alkanes of at least 4 members (excludes halogenated alkanes) is 5. The maximum atomic E-state index is 11.5. The number of piperazine rings is 6. The smallest absolute Gasteiger partial charge is 0.490 e. The van der Waals surface area contributed by atoms with Gasteiger partial charge < -0.3 is 122 Å². The number of rotatable bonds is 47. The van der Waals surface area contributed by atoms with Crippen molar-refractivity contribution in [3.63, 3.8) is 0 Å². The summed E-state index contributed by atoms with van der Waals surface area (Å²) in [6.07, 6.45) is 12.5. The van der Waals surface area contributed by atoms with Crippen LogP contribution in [0.25, 0.3) is 0 Å². The number of fused-ring (bicyclic) bond motifs is 6. The summed E-state index contributed by atoms with van der Waals surface area (Å²) in [7, 11) is 3.92. The fourth-order valence-electron chi connectivity index (χ4n) is 13.6. The van der Waals surface area contributed by atoms with Crippen molar-refractivity contribution < 1.29 is 198 Å². The summed E-state index contributed by atoms with van der Waals surface area (Å²) >= 11 is 0. The number of methoxy groups -OCH3 is 7. The number of carboxylic acid groups (broad SMARTS) is 5. The minimum absolute atomic E-state index is 0. The van der Waals surface area contributed by atoms with Gasteiger partial charge in [0, 0.05) is 177 Å². The van der Waals surface area contributed by atoms with Gasteiger partial charge in [0.25, 0.3) is 26.1 Å². The van der Waals surface area contributed by atoms with E-state index in [-0.39, 0.29) is 81.0 Å². The highest BCUT2D eigenvalue weighted by molar-refractivity contribution is 7.85. The molecule has 12 rings (SSSR count). The van der Waals surface area contributed by atoms with Crippen LogP contribution in [0.2, 0.25) is 0 Å². The zero-order valence-electron chi connectivity index (χ0n) is 83.8. The minimum atomic E-state index is -5.08. The quantitative estimate of drug-likeness (QED) is 0.00854. The molecule has 0 radical (unpaired) electrons. The van der Waals surface area contributed by atoms with E-state index in [1.165, 1.54) is 134 Å². The monoisotopic (exact) mass is 2120 g/mol. The zero-order chi connectivity index (χ0) is 105. The predicted molar refractivity (Wildman–Crippen MR) is 516 cm³/mol. The summed E-state index contributed by atoms with van der Waals surface area (Å²) in [6.45, 7) is 29.7. The van der Waals surface area contributed by atoms with Gasteiger partial charge >= 0.3 is 43.6 Å². The van der Waals surface area contributed by atoms with E-state index in [0.717, 1.165) is 107 Å². The highest BCUT2D eigenvalue weighted by Crippen LogP contribution is 2.35. The van der Waals surface area contributed by atoms with E-state index in [1.807, 2.05) is 96.3 Å². The highest BCUT2D eigenvalue weighted by Gasteiger charge is 2.40. The van der Waals surface area contributed by atoms with Crippen LogP contribution < -0.4 is 39.3 Å². The number of nitrogens with one attached hydrogen (secondary N) is 1. The van der Waals surface area contributed by atoms with Crippen LogP contribution in [-0.4, -0.2) is 375 Å². The number of halogens is 5. The molecule has 0 unspecified atom stereocenters. The summed E-state index contributed by atoms with van der Waals surface area (Å²) in [5.41, 5.74) is 7.45. The number of aromatic hydroxyl groups is 1. The number of nitrogens with zero attached hydrogens (tertiary/aromatic N) is 9. The molecule has 6 fully saturated rings. The van der Waals surface area contributed by atoms with E-state index in [4.69, 9.17) is 91.9 Å². The Balaban J connectivity index is -0.00000152. The Morgan fingerprint density at radius 1 is 0.507 bits per heavy atom. The van der Waals surface area contributed by atoms with Crippen molar-refractivity contribution in [3.05, 3.63) is 185 Å². The van der Waals surface area contributed by atoms with E-state index < -0.39 is 63.9 Å². The van der Waals surface area contributed by atoms with Crippen LogP contribution in [0.3, 0.4) is 0 Å². The van der Waals surface area contributed by atoms with Crippen molar-refractivity contribution in [2.75, 3.05) is 233 Å². The molecule has 3 aromatic carbocycles. The maximum absolute atomic E-state index is 11.5. The molecule has 6 aliphatic heterocycles. The molecule has 0 saturated carbocycles. The average Bonchev–Trinajstić information content (AvgIpc) is 0.799. The third kappa shape index (κ3) is 74.4. The standard InChI is InChI=1S/C15H21N3O.C13H17NO5.C12H16N2O5.C11H17NO2.C10H21N2O.C8H12NO.C8H18O3.C7H17O4P.C7H8O3S.C2HF3O2.CH4O3S.2ClH/c1-16-15(19)14-4-2-13(3-5-14)12-18-9-6-17(7-10-18)8-11-18;1-19-9-11-4-2-10(3-5-11)6-14(7-12(15)16)8-13(17)18;1-19-8-10-4-2-3-9(13-10)5-14(6-11(15)16)7-12(17)18;1-14-9-4-2-3-7-12-8-5-6-11(13)10-12;1-13-10-2-6-12-7-3-11(4-8-12)5-9-12;1-9-5-3-8(4-6-9)7-10-2;1-3-4-10-7-8-11-6-5-9-2;1-11-6-4-2-3-5-7-12(8,9)10;1-6-2-4-7(5-3-6)11(8,9)10;3-2(4,5)1(6)7;1-5(2,3)4;;/h2-5H,6-12H2,1H3;2-5H,6-9H2,1H3,(H,15,16)(H,17,18);2-4H,5-8H2,1H3,(H,15,16)(H,17,18);5-6,8,10H,2-4,7,9H2,1H3;2-10H2,1H3;3-6H,7H2,1-2H3;3-8H2,1-2H3;2-7H2,1H3,(H2,8,9,10);2-5H,1H3,(H,8,9,10);(H,6,7);1H3,(H,2,3,4);2*1H/q;;;;2*+1;;;;;;;. The lowest BCUT2D eigenvalue weighted by atomic mass is 10.1. The molecule has 810 valence electrons. The van der Waals surface area contributed by atoms with Crippen molar-refractivity contribution in [1.29, 1.82) is 0 Å². The van der Waals surface area contributed by atoms with Gasteiger partial charge in [0.1, 0.15) is 20.1 Å². The van der Waals surface area contributed by atoms with Crippen LogP contribution in [-0.2, 0) is 144 Å². The number of quaternary nitrogens is 2. The molecule has 48 heteroatoms. The average molecular weight is 2130 g/mol. The van der Waals surface area contributed by atoms with Gasteiger partial charge in [-0.2, -0.15) is 30.0 Å². The minimum Gasteiger partial charge on any atom is -1.00 e. The molecular formula is C94H154Cl2F3N10O30PS2+2. The van der Waals surface area contributed by atoms with E-state index in [1.54, 1.807) is 99.4 Å². The molecule has 6 aromatic rings. The molecule has 6 aliphatic rings. The number of benzene rings is 3. The Bertz CT molecular complexity index is 4570. The van der Waals surface area contributed by atoms with Gasteiger partial charge in [-0.25, -0.2) is 13.9 Å². The lowest BCUT2D eigenvalue weighted by molar-refractivity contribution is -0.953. The number of pyridine rings is 3. The SMILES string of the molecule is CCCOCCOCCOC.CNC(=O)c1ccc(C[N+]23CCN(CC2)CC3)cc1.COCCCCCCP(=O)(O)O.COCCCCC[n+]1cccc(O)c1.COCCC[N+]12CCN(CC1)CC2.COCc1cc[n+](C)cc1.COCc1ccc(CN(CC(=O)O)CC(=O)O)cc1.COCc1cccc(CN(CC(=O)O)CC(=O)O)n1.CS(=O)(=O)O.Cc1ccc(S(=O)(=O)O)cc1.O=C(O)C(F)(F)F.[Cl-].[Cl-]. The van der Waals surface area contributed by atoms with Crippen molar-refractivity contribution in [2.45, 2.75) is 129 Å². The van der Waals surface area contributed by atoms with E-state index in [9.17, 15) is 63.7 Å². The van der Waals surface area contributed by atoms with Crippen LogP contribution in [0, 0.1) is 6.92 Å². The van der Waals surface area contributed by atoms with Crippen molar-refractivity contribution in [1.82, 2.24) is 29.9 Å². The summed E-state index contributed by atoms with van der Waals surface area (Å²) in [4.78, 5) is 92.1. The molecule has 0 spiro atoms. The van der Waals surface area contributed by atoms with Gasteiger partial charge in [-0.1, -0.05) is 79.9 Å². The molecule has 3 aromatic heterocycles. The number of hydrogen-bond acceptors (Lipinski definition) is 26. The summed E-state index contributed by atoms with van der Waals surface area (Å²) < 4.78 is 149. The van der Waals surface area contributed by atoms with Crippen LogP contribution in [0.4, 0.5) is 13.2 Å². The second-order valence-corrected chi connectivity index (χ2v) is 37.5. The molecule has 4 bridgehead atoms. The topological polar surface area (TPSA) is 519 Å². The van der Waals surface area contributed by atoms with Crippen LogP contribution in [0.5, 0.6) is 5.75 Å². The molecule has 11 N–H and O–H groups in total. The third-order valence-corrected chi connectivity index (χ3v) is 22.5. The number of ether oxygens (including phenoxy) is 9. The van der Waals surface area contributed by atoms with Crippen LogP contribution in [0.1, 0.15) is 114 Å². The molecular weight excluding hydrogens is 1970 g/mol. The van der Waals surface area contributed by atoms with Crippen LogP contribution in [0.15, 0.2) is 145 Å². The van der Waals surface area contributed by atoms with Gasteiger partial charge in [0.05, 0.1) is 147 Å². The predicted octanol–water partition coefficient (Wildman–Crippen LogP) is 1.85. The first-order valence-electron chi connectivity index (χ1n) is 45.5. The number of aromatic nitrogens is 3. The van der Waals surface area contributed by atoms with Gasteiger partial charge in [0.15, 0.2) is 24.3 Å². The molecule has 0 atom stereocenters. The summed E-state index contributed by atoms with van der Waals surface area (Å²) in [6, 6.07) is 34.4. The molecule has 0 aliphatic carbocycles. The molecule has 142 heavy (non-hydrogen) atoms. The highest BCUT2D eigenvalue weighted by atomic mass is 35.5. The maximum Gasteiger partial charge on any atom is 0.490 e. The molecule has 1 amide bonds. The van der Waals surface area contributed by atoms with Gasteiger partial charge in [-0.05, 0) is 98.2 Å². The fourth-order valence-corrected chi connectivity index (χ4v) is 14.7. The Morgan fingerprint density at radius 3 is 1.34 bits per heavy atom. The first kappa shape index (κ1) is 138. The van der Waals surface area contributed by atoms with Gasteiger partial charge in [-0.15, -0.1) is 0 Å². The number of carboxylic acids is 5. The second-order valence-electron chi connectivity index (χ2n) is 32.9. The third-order valence-electron chi connectivity index (χ3n) is 20.7. The molecule has 6 saturated heterocycles. The zero-order valence-corrected chi connectivity index (χ0v) is 87.8. The number of alkyl halides is 3. The van der Waals surface area contributed by atoms with E-state index in [0.29, 0.717) is 76.1 Å². The Morgan fingerprint density at radius 2 is 0.915 bits per heavy atom. The number of aliphatic carboxylic acids is 5. The molecule has 40 nitrogen and oxygen atoms in total. The Kier molecular flexibility index (Phi) is 77.2. The Hall–Kier alpha value is -8.53. The van der Waals surface area contributed by atoms with Gasteiger partial charge in [-0.3, -0.25) is 62.2 Å². The number of amides is 1. The number of aryl methyl sites for hydroxylation is 3. The van der Waals surface area contributed by atoms with Gasteiger partial charge in [0.2, 0.25) is 6.20 Å². The van der Waals surface area contributed by atoms with Crippen LogP contribution >= 0.6 is 7.60 Å². The summed E-state index contributed by atoms with van der Waals surface area (Å²) in [5, 5.41) is 53.9. The van der Waals surface area contributed by atoms with E-state index in [2.05, 4.69) is 39.2 Å². The number of hydrogen-bond donors (Lipinski definition) is 11. The lowest BCUT2D eigenvalue weighted by Gasteiger charge is -2.50. The van der Waals surface area contributed by atoms with Crippen molar-refractivity contribution in [3.8, 4) is 5.75 Å². The first-order chi connectivity index (χ1) is 66.1. The second kappa shape index (κ2) is 79.7. The largest absolute Gasteiger partial charge is 1.00 e. The normalized spacial score (nSPS) is 15.6. The number of carbonyl (C=O) groups excluding carboxylic acids is 1. The fraction of sp³-hybridized carbons (Fsp3) is 0.585. The van der Waals surface area contributed by atoms with E-state index >= 15 is 0 Å². The Labute approximate surface area is 846 Å².